The van der Waals surface area contributed by atoms with Crippen molar-refractivity contribution in [1.82, 2.24) is 0 Å². The highest BCUT2D eigenvalue weighted by Gasteiger charge is 2.57. The number of carbonyl (C=O) groups excluding carboxylic acids is 2. The molecule has 53 heavy (non-hydrogen) atoms. The van der Waals surface area contributed by atoms with Gasteiger partial charge in [0.05, 0.1) is 73.8 Å². The Kier molecular flexibility index (Phi) is 12.6. The fourth-order valence-corrected chi connectivity index (χ4v) is 10.1. The lowest BCUT2D eigenvalue weighted by Crippen LogP contribution is -2.61. The topological polar surface area (TPSA) is 180 Å². The van der Waals surface area contributed by atoms with Gasteiger partial charge in [0.15, 0.2) is 0 Å². The van der Waals surface area contributed by atoms with Crippen molar-refractivity contribution in [2.45, 2.75) is 188 Å². The lowest BCUT2D eigenvalue weighted by molar-refractivity contribution is -0.259. The van der Waals surface area contributed by atoms with Gasteiger partial charge in [0, 0.05) is 51.6 Å². The summed E-state index contributed by atoms with van der Waals surface area (Å²) < 4.78 is 44.3. The van der Waals surface area contributed by atoms with Crippen LogP contribution in [0.1, 0.15) is 90.4 Å². The summed E-state index contributed by atoms with van der Waals surface area (Å²) in [6.45, 7) is 10.4. The predicted molar refractivity (Wildman–Crippen MR) is 189 cm³/mol. The number of aliphatic hydroxyl groups is 4. The summed E-state index contributed by atoms with van der Waals surface area (Å²) in [7, 11) is 1.58. The first kappa shape index (κ1) is 39.6. The fraction of sp³-hybridized carbons (Fsp3) is 0.850. The molecule has 8 bridgehead atoms. The molecule has 7 aliphatic rings. The van der Waals surface area contributed by atoms with Crippen LogP contribution in [0.3, 0.4) is 0 Å². The summed E-state index contributed by atoms with van der Waals surface area (Å²) in [5.41, 5.74) is 2.00. The Morgan fingerprint density at radius 1 is 0.736 bits per heavy atom. The van der Waals surface area contributed by atoms with Crippen LogP contribution in [0.4, 0.5) is 0 Å². The normalized spacial score (nSPS) is 47.7. The average molecular weight is 749 g/mol. The van der Waals surface area contributed by atoms with Crippen LogP contribution < -0.4 is 0 Å². The van der Waals surface area contributed by atoms with Crippen LogP contribution in [0.25, 0.3) is 0 Å². The largest absolute Gasteiger partial charge is 0.394 e. The number of fused-ring (bicyclic) bond motifs is 7. The van der Waals surface area contributed by atoms with E-state index in [2.05, 4.69) is 20.1 Å². The fourth-order valence-electron chi connectivity index (χ4n) is 10.1. The maximum absolute atomic E-state index is 13.9. The van der Waals surface area contributed by atoms with E-state index < -0.39 is 79.9 Å². The minimum Gasteiger partial charge on any atom is -0.394 e. The quantitative estimate of drug-likeness (QED) is 0.308. The second kappa shape index (κ2) is 16.9. The van der Waals surface area contributed by atoms with Crippen LogP contribution in [-0.2, 0) is 42.7 Å². The van der Waals surface area contributed by atoms with Gasteiger partial charge in [-0.25, -0.2) is 0 Å². The van der Waals surface area contributed by atoms with Crippen molar-refractivity contribution >= 4 is 11.6 Å². The van der Waals surface area contributed by atoms with Gasteiger partial charge in [-0.05, 0) is 62.0 Å². The van der Waals surface area contributed by atoms with Gasteiger partial charge in [0.25, 0.3) is 0 Å². The number of Topliss-reactive ketones (excluding diaryl/α,β-unsaturated/α-hetero) is 2. The summed E-state index contributed by atoms with van der Waals surface area (Å²) in [4.78, 5) is 27.0. The Hall–Kier alpha value is -1.62. The zero-order valence-corrected chi connectivity index (χ0v) is 31.2. The van der Waals surface area contributed by atoms with Crippen molar-refractivity contribution in [3.05, 3.63) is 24.3 Å². The Balaban J connectivity index is 1.11. The minimum atomic E-state index is -1.10. The molecule has 0 aromatic carbocycles. The third-order valence-electron chi connectivity index (χ3n) is 13.1. The Morgan fingerprint density at radius 3 is 2.23 bits per heavy atom. The summed E-state index contributed by atoms with van der Waals surface area (Å²) in [6.07, 6.45) is -3.55. The smallest absolute Gasteiger partial charge is 0.135 e. The third kappa shape index (κ3) is 8.56. The van der Waals surface area contributed by atoms with Gasteiger partial charge in [-0.3, -0.25) is 9.59 Å². The zero-order chi connectivity index (χ0) is 37.6. The predicted octanol–water partition coefficient (Wildman–Crippen LogP) is 2.27. The van der Waals surface area contributed by atoms with Crippen molar-refractivity contribution in [3.8, 4) is 0 Å². The van der Waals surface area contributed by atoms with Gasteiger partial charge in [-0.15, -0.1) is 0 Å². The molecule has 13 heteroatoms. The van der Waals surface area contributed by atoms with Gasteiger partial charge in [-0.1, -0.05) is 20.1 Å². The van der Waals surface area contributed by atoms with E-state index in [9.17, 15) is 30.0 Å². The molecular weight excluding hydrogens is 688 g/mol. The van der Waals surface area contributed by atoms with Gasteiger partial charge in [-0.2, -0.15) is 0 Å². The lowest BCUT2D eigenvalue weighted by atomic mass is 9.81. The molecule has 18 atom stereocenters. The van der Waals surface area contributed by atoms with Crippen LogP contribution in [-0.4, -0.2) is 143 Å². The first-order valence-corrected chi connectivity index (χ1v) is 19.9. The second-order valence-electron chi connectivity index (χ2n) is 16.8. The van der Waals surface area contributed by atoms with Crippen LogP contribution in [0.5, 0.6) is 0 Å². The Bertz CT molecular complexity index is 1340. The maximum atomic E-state index is 13.9. The molecule has 298 valence electrons. The molecule has 0 radical (unpaired) electrons. The molecule has 7 heterocycles. The van der Waals surface area contributed by atoms with Gasteiger partial charge < -0.3 is 53.6 Å². The number of ether oxygens (including phenoxy) is 7. The molecule has 0 aromatic rings. The number of hydrogen-bond donors (Lipinski definition) is 4. The molecule has 0 amide bonds. The average Bonchev–Trinajstić information content (AvgIpc) is 3.76. The molecule has 0 aromatic heterocycles. The first-order chi connectivity index (χ1) is 25.4. The number of rotatable bonds is 4. The van der Waals surface area contributed by atoms with Crippen molar-refractivity contribution in [1.29, 1.82) is 0 Å². The van der Waals surface area contributed by atoms with E-state index in [-0.39, 0.29) is 79.9 Å². The van der Waals surface area contributed by atoms with E-state index >= 15 is 0 Å². The standard InChI is InChI=1S/C40H60O13/c1-19-11-26-7-9-29-20(2)12-25(48-29)6-5-22(42)15-33-35(45)39-40(53-33)36(46)38-30(52-39)10-8-27(50-38)13-23(43)14-28-32(17-31(49-26)21(19)3)51-34(37(28)47-4)16-24(44)18-41/h19,24-41,44-46H,2-3,5-18H2,1,4H3/t19-,24?,25?,26+,27?,28?,29+,30?,31-,32?,33?,34?,35?,36?,37-,38+,39?,40?/m1/s1. The molecule has 0 saturated carbocycles. The van der Waals surface area contributed by atoms with Crippen LogP contribution in [0.2, 0.25) is 0 Å². The van der Waals surface area contributed by atoms with Crippen molar-refractivity contribution in [2.24, 2.45) is 11.8 Å². The van der Waals surface area contributed by atoms with E-state index in [1.165, 1.54) is 0 Å². The van der Waals surface area contributed by atoms with E-state index in [4.69, 9.17) is 33.2 Å². The molecule has 0 aliphatic carbocycles. The van der Waals surface area contributed by atoms with Gasteiger partial charge in [0.2, 0.25) is 0 Å². The minimum absolute atomic E-state index is 0.00643. The van der Waals surface area contributed by atoms with Crippen LogP contribution in [0, 0.1) is 11.8 Å². The highest BCUT2D eigenvalue weighted by Crippen LogP contribution is 2.43. The van der Waals surface area contributed by atoms with E-state index in [1.807, 2.05) is 0 Å². The highest BCUT2D eigenvalue weighted by atomic mass is 16.6. The molecule has 12 unspecified atom stereocenters. The third-order valence-corrected chi connectivity index (χ3v) is 13.1. The molecule has 7 fully saturated rings. The molecular formula is C40H60O13. The van der Waals surface area contributed by atoms with Gasteiger partial charge >= 0.3 is 0 Å². The summed E-state index contributed by atoms with van der Waals surface area (Å²) in [5.74, 6) is -0.221. The molecule has 4 N–H and O–H groups in total. The zero-order valence-electron chi connectivity index (χ0n) is 31.2. The number of aliphatic hydroxyl groups excluding tert-OH is 4. The van der Waals surface area contributed by atoms with E-state index in [0.29, 0.717) is 32.1 Å². The van der Waals surface area contributed by atoms with E-state index in [0.717, 1.165) is 30.4 Å². The number of carbonyl (C=O) groups is 2. The van der Waals surface area contributed by atoms with Crippen LogP contribution in [0.15, 0.2) is 24.3 Å². The van der Waals surface area contributed by atoms with E-state index in [1.54, 1.807) is 7.11 Å². The monoisotopic (exact) mass is 748 g/mol. The number of methoxy groups -OCH3 is 1. The summed E-state index contributed by atoms with van der Waals surface area (Å²) in [6, 6.07) is 0. The summed E-state index contributed by atoms with van der Waals surface area (Å²) in [5, 5.41) is 42.6. The lowest BCUT2D eigenvalue weighted by Gasteiger charge is -2.46. The Labute approximate surface area is 312 Å². The number of ketones is 2. The molecule has 7 aliphatic heterocycles. The molecule has 13 nitrogen and oxygen atoms in total. The number of hydrogen-bond acceptors (Lipinski definition) is 13. The SMILES string of the molecule is C=C1CC2CCC(=O)CC3OC4C(OC5CCC(CC(=O)CC6C(C[C@H]7O[C@@H](CC[C@@H]1O2)C[C@@H](C)C7=C)OC(CC(O)CO)[C@@H]6OC)O[C@@H]5C4O)C3O. The molecule has 7 rings (SSSR count). The molecule has 0 spiro atoms. The first-order valence-electron chi connectivity index (χ1n) is 19.9. The van der Waals surface area contributed by atoms with Crippen molar-refractivity contribution < 1.29 is 63.2 Å². The highest BCUT2D eigenvalue weighted by molar-refractivity contribution is 5.79. The van der Waals surface area contributed by atoms with Crippen molar-refractivity contribution in [2.75, 3.05) is 13.7 Å². The van der Waals surface area contributed by atoms with Crippen LogP contribution >= 0.6 is 0 Å². The maximum Gasteiger partial charge on any atom is 0.135 e. The Morgan fingerprint density at radius 2 is 1.45 bits per heavy atom. The molecule has 7 saturated heterocycles. The van der Waals surface area contributed by atoms with Crippen molar-refractivity contribution in [3.63, 3.8) is 0 Å². The second-order valence-corrected chi connectivity index (χ2v) is 16.8. The summed E-state index contributed by atoms with van der Waals surface area (Å²) >= 11 is 0. The van der Waals surface area contributed by atoms with Gasteiger partial charge in [0.1, 0.15) is 42.1 Å².